The van der Waals surface area contributed by atoms with Crippen molar-refractivity contribution in [3.8, 4) is 11.5 Å². The molecule has 0 aliphatic rings. The zero-order valence-electron chi connectivity index (χ0n) is 8.68. The van der Waals surface area contributed by atoms with Gasteiger partial charge < -0.3 is 15.3 Å². The maximum Gasteiger partial charge on any atom is 0.303 e. The molecule has 1 aromatic rings. The van der Waals surface area contributed by atoms with Gasteiger partial charge in [0.2, 0.25) is 0 Å². The Bertz CT molecular complexity index is 258. The van der Waals surface area contributed by atoms with E-state index in [4.69, 9.17) is 15.3 Å². The van der Waals surface area contributed by atoms with E-state index in [2.05, 4.69) is 0 Å². The highest BCUT2D eigenvalue weighted by Crippen LogP contribution is 2.13. The van der Waals surface area contributed by atoms with Crippen molar-refractivity contribution in [3.63, 3.8) is 0 Å². The van der Waals surface area contributed by atoms with Gasteiger partial charge in [-0.25, -0.2) is 0 Å². The molecule has 3 N–H and O–H groups in total. The highest BCUT2D eigenvalue weighted by Gasteiger charge is 1.90. The first kappa shape index (κ1) is 13.3. The van der Waals surface area contributed by atoms with Gasteiger partial charge in [0, 0.05) is 6.42 Å². The molecule has 0 unspecified atom stereocenters. The quantitative estimate of drug-likeness (QED) is 0.672. The molecule has 0 bridgehead atoms. The summed E-state index contributed by atoms with van der Waals surface area (Å²) in [4.78, 5) is 9.76. The van der Waals surface area contributed by atoms with Crippen LogP contribution in [0.3, 0.4) is 0 Å². The summed E-state index contributed by atoms with van der Waals surface area (Å²) in [5.41, 5.74) is 0. The first-order valence-corrected chi connectivity index (χ1v) is 4.76. The molecule has 84 valence electrons. The molecule has 0 spiro atoms. The Balaban J connectivity index is 0.000000265. The Kier molecular flexibility index (Phi) is 6.80. The second-order valence-corrected chi connectivity index (χ2v) is 3.01. The van der Waals surface area contributed by atoms with E-state index < -0.39 is 5.97 Å². The molecule has 0 atom stereocenters. The number of phenolic OH excluding ortho intramolecular Hbond substituents is 2. The van der Waals surface area contributed by atoms with Crippen molar-refractivity contribution in [1.82, 2.24) is 0 Å². The van der Waals surface area contributed by atoms with Crippen molar-refractivity contribution in [1.29, 1.82) is 0 Å². The molecule has 0 aromatic heterocycles. The van der Waals surface area contributed by atoms with E-state index in [0.29, 0.717) is 6.42 Å². The zero-order valence-corrected chi connectivity index (χ0v) is 8.68. The van der Waals surface area contributed by atoms with Crippen LogP contribution in [0, 0.1) is 0 Å². The standard InChI is InChI=1S/C6H6O2.C5H10O2/c7-5-1-2-6(8)4-3-5;1-2-3-4-5(6)7/h1-4,7-8H;2-4H2,1H3,(H,6,7). The van der Waals surface area contributed by atoms with Gasteiger partial charge in [-0.05, 0) is 30.7 Å². The van der Waals surface area contributed by atoms with Crippen LogP contribution in [0.15, 0.2) is 24.3 Å². The molecule has 0 saturated heterocycles. The minimum absolute atomic E-state index is 0.169. The summed E-state index contributed by atoms with van der Waals surface area (Å²) >= 11 is 0. The van der Waals surface area contributed by atoms with Crippen LogP contribution in [0.1, 0.15) is 26.2 Å². The summed E-state index contributed by atoms with van der Waals surface area (Å²) in [5, 5.41) is 25.3. The molecule has 0 radical (unpaired) electrons. The van der Waals surface area contributed by atoms with Crippen LogP contribution in [0.2, 0.25) is 0 Å². The Morgan fingerprint density at radius 3 is 1.73 bits per heavy atom. The van der Waals surface area contributed by atoms with Gasteiger partial charge in [0.1, 0.15) is 11.5 Å². The molecule has 1 rings (SSSR count). The predicted molar refractivity (Wildman–Crippen MR) is 56.9 cm³/mol. The number of aliphatic carboxylic acids is 1. The lowest BCUT2D eigenvalue weighted by Gasteiger charge is -1.88. The molecular formula is C11H16O4. The number of carboxylic acid groups (broad SMARTS) is 1. The van der Waals surface area contributed by atoms with Gasteiger partial charge in [0.05, 0.1) is 0 Å². The highest BCUT2D eigenvalue weighted by molar-refractivity contribution is 5.66. The Hall–Kier alpha value is -1.71. The van der Waals surface area contributed by atoms with Crippen LogP contribution < -0.4 is 0 Å². The highest BCUT2D eigenvalue weighted by atomic mass is 16.4. The van der Waals surface area contributed by atoms with Crippen LogP contribution in [0.25, 0.3) is 0 Å². The van der Waals surface area contributed by atoms with Crippen molar-refractivity contribution in [2.24, 2.45) is 0 Å². The third kappa shape index (κ3) is 8.62. The van der Waals surface area contributed by atoms with Gasteiger partial charge in [-0.1, -0.05) is 13.3 Å². The molecule has 0 aliphatic heterocycles. The summed E-state index contributed by atoms with van der Waals surface area (Å²) in [6.45, 7) is 1.98. The number of phenols is 2. The van der Waals surface area contributed by atoms with Crippen LogP contribution in [-0.2, 0) is 4.79 Å². The maximum atomic E-state index is 9.76. The normalized spacial score (nSPS) is 8.87. The van der Waals surface area contributed by atoms with Gasteiger partial charge >= 0.3 is 5.97 Å². The van der Waals surface area contributed by atoms with Crippen molar-refractivity contribution in [2.45, 2.75) is 26.2 Å². The molecule has 0 aliphatic carbocycles. The number of carbonyl (C=O) groups is 1. The Labute approximate surface area is 88.8 Å². The Morgan fingerprint density at radius 2 is 1.53 bits per heavy atom. The molecule has 0 fully saturated rings. The van der Waals surface area contributed by atoms with Crippen LogP contribution in [0.5, 0.6) is 11.5 Å². The number of carboxylic acids is 1. The second kappa shape index (κ2) is 7.67. The number of hydrogen-bond acceptors (Lipinski definition) is 3. The molecule has 0 saturated carbocycles. The lowest BCUT2D eigenvalue weighted by molar-refractivity contribution is -0.137. The molecule has 1 aromatic carbocycles. The number of benzene rings is 1. The second-order valence-electron chi connectivity index (χ2n) is 3.01. The molecule has 15 heavy (non-hydrogen) atoms. The fourth-order valence-electron chi connectivity index (χ4n) is 0.781. The van der Waals surface area contributed by atoms with Gasteiger partial charge in [-0.2, -0.15) is 0 Å². The minimum Gasteiger partial charge on any atom is -0.508 e. The third-order valence-corrected chi connectivity index (χ3v) is 1.59. The van der Waals surface area contributed by atoms with Crippen LogP contribution >= 0.6 is 0 Å². The fraction of sp³-hybridized carbons (Fsp3) is 0.364. The van der Waals surface area contributed by atoms with E-state index in [1.807, 2.05) is 6.92 Å². The van der Waals surface area contributed by atoms with Crippen molar-refractivity contribution in [2.75, 3.05) is 0 Å². The average molecular weight is 212 g/mol. The summed E-state index contributed by atoms with van der Waals surface area (Å²) in [6, 6.07) is 5.70. The number of unbranched alkanes of at least 4 members (excludes halogenated alkanes) is 1. The lowest BCUT2D eigenvalue weighted by Crippen LogP contribution is -1.91. The van der Waals surface area contributed by atoms with Crippen molar-refractivity contribution < 1.29 is 20.1 Å². The van der Waals surface area contributed by atoms with E-state index in [0.717, 1.165) is 12.8 Å². The van der Waals surface area contributed by atoms with Crippen molar-refractivity contribution >= 4 is 5.97 Å². The first-order chi connectivity index (χ1) is 7.06. The molecule has 4 nitrogen and oxygen atoms in total. The molecule has 0 amide bonds. The topological polar surface area (TPSA) is 77.8 Å². The first-order valence-electron chi connectivity index (χ1n) is 4.76. The van der Waals surface area contributed by atoms with Crippen molar-refractivity contribution in [3.05, 3.63) is 24.3 Å². The number of hydrogen-bond donors (Lipinski definition) is 3. The summed E-state index contributed by atoms with van der Waals surface area (Å²) in [6.07, 6.45) is 2.08. The fourth-order valence-corrected chi connectivity index (χ4v) is 0.781. The van der Waals surface area contributed by atoms with E-state index in [1.54, 1.807) is 0 Å². The lowest BCUT2D eigenvalue weighted by atomic mass is 10.3. The van der Waals surface area contributed by atoms with E-state index in [1.165, 1.54) is 24.3 Å². The largest absolute Gasteiger partial charge is 0.508 e. The molecule has 0 heterocycles. The smallest absolute Gasteiger partial charge is 0.303 e. The average Bonchev–Trinajstić information content (AvgIpc) is 2.20. The van der Waals surface area contributed by atoms with E-state index >= 15 is 0 Å². The third-order valence-electron chi connectivity index (χ3n) is 1.59. The van der Waals surface area contributed by atoms with Gasteiger partial charge in [-0.3, -0.25) is 4.79 Å². The van der Waals surface area contributed by atoms with E-state index in [9.17, 15) is 4.79 Å². The monoisotopic (exact) mass is 212 g/mol. The van der Waals surface area contributed by atoms with Gasteiger partial charge in [-0.15, -0.1) is 0 Å². The van der Waals surface area contributed by atoms with Gasteiger partial charge in [0.25, 0.3) is 0 Å². The van der Waals surface area contributed by atoms with E-state index in [-0.39, 0.29) is 11.5 Å². The summed E-state index contributed by atoms with van der Waals surface area (Å²) in [7, 11) is 0. The van der Waals surface area contributed by atoms with Crippen LogP contribution in [-0.4, -0.2) is 21.3 Å². The SMILES string of the molecule is CCCCC(=O)O.Oc1ccc(O)cc1. The van der Waals surface area contributed by atoms with Crippen LogP contribution in [0.4, 0.5) is 0 Å². The predicted octanol–water partition coefficient (Wildman–Crippen LogP) is 2.36. The zero-order chi connectivity index (χ0) is 11.7. The maximum absolute atomic E-state index is 9.76. The minimum atomic E-state index is -0.693. The summed E-state index contributed by atoms with van der Waals surface area (Å²) < 4.78 is 0. The molecule has 4 heteroatoms. The summed E-state index contributed by atoms with van der Waals surface area (Å²) in [5.74, 6) is -0.354. The van der Waals surface area contributed by atoms with Gasteiger partial charge in [0.15, 0.2) is 0 Å². The number of aromatic hydroxyl groups is 2. The Morgan fingerprint density at radius 1 is 1.13 bits per heavy atom. The number of rotatable bonds is 3. The molecular weight excluding hydrogens is 196 g/mol.